The maximum Gasteiger partial charge on any atom is 0.136 e. The van der Waals surface area contributed by atoms with Crippen molar-refractivity contribution in [3.05, 3.63) is 0 Å². The lowest BCUT2D eigenvalue weighted by molar-refractivity contribution is -0.118. The maximum absolute atomic E-state index is 10.7. The van der Waals surface area contributed by atoms with Gasteiger partial charge in [0.1, 0.15) is 5.78 Å². The molecule has 52 valence electrons. The Morgan fingerprint density at radius 3 is 2.33 bits per heavy atom. The molecule has 0 aliphatic heterocycles. The van der Waals surface area contributed by atoms with Crippen LogP contribution in [0.5, 0.6) is 0 Å². The number of hydrogen-bond acceptors (Lipinski definition) is 2. The first kappa shape index (κ1) is 6.75. The van der Waals surface area contributed by atoms with Crippen molar-refractivity contribution < 1.29 is 9.90 Å². The van der Waals surface area contributed by atoms with Gasteiger partial charge in [0.05, 0.1) is 6.10 Å². The smallest absolute Gasteiger partial charge is 0.136 e. The number of ketones is 1. The Hall–Kier alpha value is -0.370. The van der Waals surface area contributed by atoms with Gasteiger partial charge in [0.25, 0.3) is 0 Å². The van der Waals surface area contributed by atoms with E-state index in [0.29, 0.717) is 12.8 Å². The number of aliphatic hydroxyl groups excluding tert-OH is 1. The van der Waals surface area contributed by atoms with Crippen molar-refractivity contribution >= 4 is 5.78 Å². The van der Waals surface area contributed by atoms with Crippen LogP contribution in [0.1, 0.15) is 26.7 Å². The number of hydrogen-bond donors (Lipinski definition) is 1. The molecule has 1 atom stereocenters. The van der Waals surface area contributed by atoms with Crippen molar-refractivity contribution in [1.29, 1.82) is 0 Å². The van der Waals surface area contributed by atoms with Crippen molar-refractivity contribution in [3.8, 4) is 0 Å². The standard InChI is InChI=1S/C7H12O2/c1-7(2)4-5(8)3-6(7)9/h6,9H,3-4H2,1-2H3. The van der Waals surface area contributed by atoms with Gasteiger partial charge in [-0.3, -0.25) is 4.79 Å². The Balaban J connectivity index is 2.69. The first-order valence-corrected chi connectivity index (χ1v) is 3.22. The SMILES string of the molecule is CC1(C)CC(=O)CC1O. The minimum absolute atomic E-state index is 0.170. The van der Waals surface area contributed by atoms with E-state index in [0.717, 1.165) is 0 Å². The van der Waals surface area contributed by atoms with Gasteiger partial charge in [-0.25, -0.2) is 0 Å². The number of aliphatic hydroxyl groups is 1. The van der Waals surface area contributed by atoms with Crippen LogP contribution in [0.4, 0.5) is 0 Å². The van der Waals surface area contributed by atoms with E-state index in [1.165, 1.54) is 0 Å². The van der Waals surface area contributed by atoms with E-state index in [9.17, 15) is 9.90 Å². The summed E-state index contributed by atoms with van der Waals surface area (Å²) in [6.07, 6.45) is 0.478. The Kier molecular flexibility index (Phi) is 1.35. The third kappa shape index (κ3) is 1.13. The molecule has 0 aromatic carbocycles. The van der Waals surface area contributed by atoms with E-state index < -0.39 is 6.10 Å². The summed E-state index contributed by atoms with van der Waals surface area (Å²) >= 11 is 0. The van der Waals surface area contributed by atoms with Crippen LogP contribution in [0.25, 0.3) is 0 Å². The molecule has 1 saturated carbocycles. The molecule has 1 N–H and O–H groups in total. The predicted octanol–water partition coefficient (Wildman–Crippen LogP) is 0.736. The Morgan fingerprint density at radius 1 is 1.67 bits per heavy atom. The van der Waals surface area contributed by atoms with Crippen molar-refractivity contribution in [1.82, 2.24) is 0 Å². The Bertz CT molecular complexity index is 138. The summed E-state index contributed by atoms with van der Waals surface area (Å²) in [5, 5.41) is 9.21. The molecule has 1 aliphatic rings. The minimum Gasteiger partial charge on any atom is -0.392 e. The second-order valence-electron chi connectivity index (χ2n) is 3.42. The average Bonchev–Trinajstić information content (AvgIpc) is 1.79. The number of carbonyl (C=O) groups is 1. The van der Waals surface area contributed by atoms with E-state index in [1.54, 1.807) is 0 Å². The molecule has 0 saturated heterocycles. The summed E-state index contributed by atoms with van der Waals surface area (Å²) in [5.41, 5.74) is -0.170. The average molecular weight is 128 g/mol. The largest absolute Gasteiger partial charge is 0.392 e. The molecule has 0 radical (unpaired) electrons. The lowest BCUT2D eigenvalue weighted by atomic mass is 9.90. The van der Waals surface area contributed by atoms with E-state index in [4.69, 9.17) is 0 Å². The van der Waals surface area contributed by atoms with Crippen LogP contribution in [-0.2, 0) is 4.79 Å². The summed E-state index contributed by atoms with van der Waals surface area (Å²) in [4.78, 5) is 10.7. The normalized spacial score (nSPS) is 33.2. The van der Waals surface area contributed by atoms with Crippen LogP contribution in [0, 0.1) is 5.41 Å². The van der Waals surface area contributed by atoms with Gasteiger partial charge >= 0.3 is 0 Å². The summed E-state index contributed by atoms with van der Waals surface area (Å²) in [6.45, 7) is 3.84. The van der Waals surface area contributed by atoms with Gasteiger partial charge in [-0.05, 0) is 5.41 Å². The van der Waals surface area contributed by atoms with Crippen LogP contribution >= 0.6 is 0 Å². The Labute approximate surface area is 54.9 Å². The number of rotatable bonds is 0. The summed E-state index contributed by atoms with van der Waals surface area (Å²) in [7, 11) is 0. The van der Waals surface area contributed by atoms with E-state index in [-0.39, 0.29) is 11.2 Å². The van der Waals surface area contributed by atoms with Crippen molar-refractivity contribution in [2.75, 3.05) is 0 Å². The minimum atomic E-state index is -0.412. The van der Waals surface area contributed by atoms with E-state index in [1.807, 2.05) is 13.8 Å². The van der Waals surface area contributed by atoms with Gasteiger partial charge < -0.3 is 5.11 Å². The van der Waals surface area contributed by atoms with Gasteiger partial charge in [-0.2, -0.15) is 0 Å². The molecular weight excluding hydrogens is 116 g/mol. The zero-order chi connectivity index (χ0) is 7.07. The molecule has 0 spiro atoms. The third-order valence-corrected chi connectivity index (χ3v) is 1.98. The molecule has 2 nitrogen and oxygen atoms in total. The Morgan fingerprint density at radius 2 is 2.22 bits per heavy atom. The highest BCUT2D eigenvalue weighted by atomic mass is 16.3. The first-order valence-electron chi connectivity index (χ1n) is 3.22. The van der Waals surface area contributed by atoms with Crippen LogP contribution in [0.2, 0.25) is 0 Å². The molecule has 0 aromatic heterocycles. The highest BCUT2D eigenvalue weighted by Gasteiger charge is 2.37. The fourth-order valence-corrected chi connectivity index (χ4v) is 1.19. The maximum atomic E-state index is 10.7. The van der Waals surface area contributed by atoms with E-state index in [2.05, 4.69) is 0 Å². The van der Waals surface area contributed by atoms with Crippen LogP contribution in [0.15, 0.2) is 0 Å². The highest BCUT2D eigenvalue weighted by molar-refractivity contribution is 5.82. The topological polar surface area (TPSA) is 37.3 Å². The lowest BCUT2D eigenvalue weighted by Gasteiger charge is -2.19. The monoisotopic (exact) mass is 128 g/mol. The molecule has 9 heavy (non-hydrogen) atoms. The van der Waals surface area contributed by atoms with Gasteiger partial charge in [0, 0.05) is 12.8 Å². The third-order valence-electron chi connectivity index (χ3n) is 1.98. The van der Waals surface area contributed by atoms with Crippen molar-refractivity contribution in [2.24, 2.45) is 5.41 Å². The molecule has 0 heterocycles. The molecule has 2 heteroatoms. The molecule has 0 aromatic rings. The fourth-order valence-electron chi connectivity index (χ4n) is 1.19. The molecule has 1 rings (SSSR count). The first-order chi connectivity index (χ1) is 4.02. The summed E-state index contributed by atoms with van der Waals surface area (Å²) in [5.74, 6) is 0.188. The lowest BCUT2D eigenvalue weighted by Crippen LogP contribution is -2.21. The van der Waals surface area contributed by atoms with Crippen molar-refractivity contribution in [3.63, 3.8) is 0 Å². The van der Waals surface area contributed by atoms with Crippen LogP contribution in [-0.4, -0.2) is 17.0 Å². The molecule has 1 fully saturated rings. The molecule has 0 bridgehead atoms. The predicted molar refractivity (Wildman–Crippen MR) is 34.0 cm³/mol. The summed E-state index contributed by atoms with van der Waals surface area (Å²) < 4.78 is 0. The van der Waals surface area contributed by atoms with Crippen molar-refractivity contribution in [2.45, 2.75) is 32.8 Å². The molecular formula is C7H12O2. The van der Waals surface area contributed by atoms with Gasteiger partial charge in [0.15, 0.2) is 0 Å². The second-order valence-corrected chi connectivity index (χ2v) is 3.42. The number of carbonyl (C=O) groups excluding carboxylic acids is 1. The molecule has 1 aliphatic carbocycles. The zero-order valence-corrected chi connectivity index (χ0v) is 5.85. The second kappa shape index (κ2) is 1.81. The highest BCUT2D eigenvalue weighted by Crippen LogP contribution is 2.34. The van der Waals surface area contributed by atoms with Gasteiger partial charge in [0.2, 0.25) is 0 Å². The quantitative estimate of drug-likeness (QED) is 0.522. The van der Waals surface area contributed by atoms with Gasteiger partial charge in [-0.1, -0.05) is 13.8 Å². The van der Waals surface area contributed by atoms with Gasteiger partial charge in [-0.15, -0.1) is 0 Å². The fraction of sp³-hybridized carbons (Fsp3) is 0.857. The molecule has 1 unspecified atom stereocenters. The van der Waals surface area contributed by atoms with Crippen LogP contribution < -0.4 is 0 Å². The van der Waals surface area contributed by atoms with E-state index >= 15 is 0 Å². The zero-order valence-electron chi connectivity index (χ0n) is 5.85. The van der Waals surface area contributed by atoms with Crippen LogP contribution in [0.3, 0.4) is 0 Å². The number of Topliss-reactive ketones (excluding diaryl/α,β-unsaturated/α-hetero) is 1. The molecule has 0 amide bonds. The summed E-state index contributed by atoms with van der Waals surface area (Å²) in [6, 6.07) is 0.